The third-order valence-corrected chi connectivity index (χ3v) is 5.70. The number of halogens is 1. The summed E-state index contributed by atoms with van der Waals surface area (Å²) >= 11 is 0. The van der Waals surface area contributed by atoms with Gasteiger partial charge in [-0.1, -0.05) is 23.4 Å². The highest BCUT2D eigenvalue weighted by Gasteiger charge is 2.58. The third-order valence-electron chi connectivity index (χ3n) is 5.70. The molecule has 1 aromatic heterocycles. The van der Waals surface area contributed by atoms with Crippen LogP contribution in [0.4, 0.5) is 0 Å². The van der Waals surface area contributed by atoms with Crippen LogP contribution in [-0.4, -0.2) is 34.0 Å². The molecule has 2 aliphatic rings. The Labute approximate surface area is 160 Å². The summed E-state index contributed by atoms with van der Waals surface area (Å²) in [5, 5.41) is 15.1. The molecule has 1 aromatic carbocycles. The van der Waals surface area contributed by atoms with E-state index in [0.717, 1.165) is 43.7 Å². The van der Waals surface area contributed by atoms with E-state index in [0.29, 0.717) is 0 Å². The second-order valence-electron chi connectivity index (χ2n) is 7.87. The number of carbonyl (C=O) groups excluding carboxylic acids is 1. The Morgan fingerprint density at radius 1 is 1.27 bits per heavy atom. The Kier molecular flexibility index (Phi) is 5.08. The molecule has 140 valence electrons. The van der Waals surface area contributed by atoms with Gasteiger partial charge in [0, 0.05) is 5.92 Å². The highest BCUT2D eigenvalue weighted by molar-refractivity contribution is 5.85. The Hall–Kier alpha value is -1.92. The first-order valence-electron chi connectivity index (χ1n) is 9.01. The third kappa shape index (κ3) is 3.48. The van der Waals surface area contributed by atoms with E-state index in [1.54, 1.807) is 4.68 Å². The van der Waals surface area contributed by atoms with Gasteiger partial charge in [0.1, 0.15) is 5.69 Å². The van der Waals surface area contributed by atoms with Gasteiger partial charge in [0.2, 0.25) is 5.91 Å². The minimum atomic E-state index is -0.541. The zero-order valence-electron chi connectivity index (χ0n) is 15.2. The molecule has 1 saturated carbocycles. The number of para-hydroxylation sites is 1. The molecule has 1 spiro atoms. The highest BCUT2D eigenvalue weighted by atomic mass is 35.5. The lowest BCUT2D eigenvalue weighted by Gasteiger charge is -2.26. The van der Waals surface area contributed by atoms with E-state index >= 15 is 0 Å². The molecule has 1 amide bonds. The summed E-state index contributed by atoms with van der Waals surface area (Å²) in [6.07, 6.45) is 5.13. The molecule has 1 aliphatic carbocycles. The van der Waals surface area contributed by atoms with Crippen molar-refractivity contribution in [1.29, 1.82) is 0 Å². The van der Waals surface area contributed by atoms with Crippen LogP contribution in [0.2, 0.25) is 0 Å². The van der Waals surface area contributed by atoms with Crippen LogP contribution in [0.25, 0.3) is 5.69 Å². The average Bonchev–Trinajstić information content (AvgIpc) is 3.08. The highest BCUT2D eigenvalue weighted by Crippen LogP contribution is 2.58. The van der Waals surface area contributed by atoms with Crippen LogP contribution in [0.15, 0.2) is 36.5 Å². The van der Waals surface area contributed by atoms with Crippen molar-refractivity contribution in [2.45, 2.75) is 38.6 Å². The Morgan fingerprint density at radius 2 is 1.96 bits per heavy atom. The smallest absolute Gasteiger partial charge is 0.224 e. The van der Waals surface area contributed by atoms with Gasteiger partial charge in [0.15, 0.2) is 0 Å². The molecule has 2 N–H and O–H groups in total. The maximum atomic E-state index is 12.8. The first-order chi connectivity index (χ1) is 12.0. The van der Waals surface area contributed by atoms with Gasteiger partial charge in [-0.3, -0.25) is 4.79 Å². The van der Waals surface area contributed by atoms with Crippen molar-refractivity contribution in [2.75, 3.05) is 13.1 Å². The number of nitrogens with one attached hydrogen (secondary N) is 2. The Bertz CT molecular complexity index is 767. The van der Waals surface area contributed by atoms with Gasteiger partial charge in [-0.25, -0.2) is 4.68 Å². The number of amides is 1. The minimum absolute atomic E-state index is 0. The van der Waals surface area contributed by atoms with E-state index in [1.807, 2.05) is 50.4 Å². The van der Waals surface area contributed by atoms with Gasteiger partial charge in [-0.15, -0.1) is 17.5 Å². The summed E-state index contributed by atoms with van der Waals surface area (Å²) in [4.78, 5) is 12.8. The first-order valence-corrected chi connectivity index (χ1v) is 9.01. The fraction of sp³-hybridized carbons (Fsp3) is 0.526. The van der Waals surface area contributed by atoms with Crippen molar-refractivity contribution < 1.29 is 4.79 Å². The zero-order valence-corrected chi connectivity index (χ0v) is 16.1. The van der Waals surface area contributed by atoms with Crippen molar-refractivity contribution in [2.24, 2.45) is 11.3 Å². The molecule has 2 heterocycles. The lowest BCUT2D eigenvalue weighted by molar-refractivity contribution is -0.125. The van der Waals surface area contributed by atoms with Gasteiger partial charge < -0.3 is 10.6 Å². The summed E-state index contributed by atoms with van der Waals surface area (Å²) in [6, 6.07) is 9.87. The number of carbonyl (C=O) groups is 1. The molecule has 1 aliphatic heterocycles. The van der Waals surface area contributed by atoms with Crippen LogP contribution in [0.3, 0.4) is 0 Å². The van der Waals surface area contributed by atoms with Crippen molar-refractivity contribution in [1.82, 2.24) is 25.6 Å². The zero-order chi connectivity index (χ0) is 17.5. The fourth-order valence-corrected chi connectivity index (χ4v) is 3.91. The molecule has 1 saturated heterocycles. The van der Waals surface area contributed by atoms with E-state index in [-0.39, 0.29) is 29.6 Å². The second-order valence-corrected chi connectivity index (χ2v) is 7.87. The average molecular weight is 376 g/mol. The SMILES string of the molecule is CC(C)(NC(=O)C1CC12CCNCC2)c1cn(-c2ccccc2)nn1.Cl. The van der Waals surface area contributed by atoms with E-state index in [2.05, 4.69) is 20.9 Å². The fourth-order valence-electron chi connectivity index (χ4n) is 3.91. The van der Waals surface area contributed by atoms with Crippen molar-refractivity contribution in [3.05, 3.63) is 42.2 Å². The normalized spacial score (nSPS) is 21.1. The predicted molar refractivity (Wildman–Crippen MR) is 102 cm³/mol. The Balaban J connectivity index is 0.00000196. The summed E-state index contributed by atoms with van der Waals surface area (Å²) < 4.78 is 1.74. The van der Waals surface area contributed by atoms with Crippen LogP contribution < -0.4 is 10.6 Å². The first kappa shape index (κ1) is 18.9. The molecule has 0 radical (unpaired) electrons. The van der Waals surface area contributed by atoms with Crippen LogP contribution in [0, 0.1) is 11.3 Å². The largest absolute Gasteiger partial charge is 0.345 e. The number of benzene rings is 1. The molecule has 1 unspecified atom stereocenters. The van der Waals surface area contributed by atoms with Gasteiger partial charge in [0.25, 0.3) is 0 Å². The molecule has 4 rings (SSSR count). The molecule has 26 heavy (non-hydrogen) atoms. The lowest BCUT2D eigenvalue weighted by Crippen LogP contribution is -2.43. The number of aromatic nitrogens is 3. The number of hydrogen-bond acceptors (Lipinski definition) is 4. The van der Waals surface area contributed by atoms with Crippen LogP contribution in [-0.2, 0) is 10.3 Å². The summed E-state index contributed by atoms with van der Waals surface area (Å²) in [5.41, 5.74) is 1.43. The van der Waals surface area contributed by atoms with Crippen molar-refractivity contribution in [3.63, 3.8) is 0 Å². The quantitative estimate of drug-likeness (QED) is 0.860. The van der Waals surface area contributed by atoms with Crippen molar-refractivity contribution >= 4 is 18.3 Å². The van der Waals surface area contributed by atoms with E-state index in [1.165, 1.54) is 0 Å². The molecular formula is C19H26ClN5O. The van der Waals surface area contributed by atoms with Gasteiger partial charge in [0.05, 0.1) is 17.4 Å². The second kappa shape index (κ2) is 7.00. The summed E-state index contributed by atoms with van der Waals surface area (Å²) in [7, 11) is 0. The number of hydrogen-bond donors (Lipinski definition) is 2. The van der Waals surface area contributed by atoms with Crippen LogP contribution >= 0.6 is 12.4 Å². The van der Waals surface area contributed by atoms with E-state index < -0.39 is 5.54 Å². The number of rotatable bonds is 4. The van der Waals surface area contributed by atoms with E-state index in [9.17, 15) is 4.79 Å². The molecule has 1 atom stereocenters. The maximum absolute atomic E-state index is 12.8. The molecule has 2 fully saturated rings. The predicted octanol–water partition coefficient (Wildman–Crippen LogP) is 2.43. The Morgan fingerprint density at radius 3 is 2.65 bits per heavy atom. The molecule has 7 heteroatoms. The summed E-state index contributed by atoms with van der Waals surface area (Å²) in [5.74, 6) is 0.305. The monoisotopic (exact) mass is 375 g/mol. The lowest BCUT2D eigenvalue weighted by atomic mass is 9.91. The van der Waals surface area contributed by atoms with Gasteiger partial charge in [-0.05, 0) is 63.7 Å². The number of nitrogens with zero attached hydrogens (tertiary/aromatic N) is 3. The maximum Gasteiger partial charge on any atom is 0.224 e. The molecule has 6 nitrogen and oxygen atoms in total. The van der Waals surface area contributed by atoms with Crippen LogP contribution in [0.5, 0.6) is 0 Å². The standard InChI is InChI=1S/C19H25N5O.ClH/c1-18(2,16-13-24(23-22-16)14-6-4-3-5-7-14)21-17(25)15-12-19(15)8-10-20-11-9-19;/h3-7,13,15,20H,8-12H2,1-2H3,(H,21,25);1H. The summed E-state index contributed by atoms with van der Waals surface area (Å²) in [6.45, 7) is 6.03. The van der Waals surface area contributed by atoms with Gasteiger partial charge in [-0.2, -0.15) is 0 Å². The number of piperidine rings is 1. The topological polar surface area (TPSA) is 71.8 Å². The minimum Gasteiger partial charge on any atom is -0.345 e. The van der Waals surface area contributed by atoms with Crippen LogP contribution in [0.1, 0.15) is 38.8 Å². The molecular weight excluding hydrogens is 350 g/mol. The van der Waals surface area contributed by atoms with Crippen molar-refractivity contribution in [3.8, 4) is 5.69 Å². The van der Waals surface area contributed by atoms with E-state index in [4.69, 9.17) is 0 Å². The molecule has 2 aromatic rings. The van der Waals surface area contributed by atoms with Gasteiger partial charge >= 0.3 is 0 Å². The molecule has 0 bridgehead atoms.